The van der Waals surface area contributed by atoms with Crippen LogP contribution in [-0.2, 0) is 0 Å². The molecular weight excluding hydrogens is 96.1 g/mol. The Balaban J connectivity index is 2.42. The van der Waals surface area contributed by atoms with Crippen molar-refractivity contribution < 1.29 is 0 Å². The number of hydrogen-bond donors (Lipinski definition) is 0. The van der Waals surface area contributed by atoms with Gasteiger partial charge in [0.1, 0.15) is 0 Å². The molecule has 0 unspecified atom stereocenters. The summed E-state index contributed by atoms with van der Waals surface area (Å²) in [6.07, 6.45) is 6.36. The van der Waals surface area contributed by atoms with Gasteiger partial charge >= 0.3 is 0 Å². The van der Waals surface area contributed by atoms with Crippen LogP contribution in [0.5, 0.6) is 0 Å². The van der Waals surface area contributed by atoms with E-state index in [-0.39, 0.29) is 0 Å². The lowest BCUT2D eigenvalue weighted by atomic mass is 9.92. The zero-order valence-corrected chi connectivity index (χ0v) is 4.57. The van der Waals surface area contributed by atoms with E-state index in [9.17, 15) is 0 Å². The molecule has 0 aliphatic heterocycles. The van der Waals surface area contributed by atoms with Gasteiger partial charge in [-0.3, -0.25) is 0 Å². The quantitative estimate of drug-likeness (QED) is 0.444. The van der Waals surface area contributed by atoms with E-state index in [0.29, 0.717) is 0 Å². The standard InChI is InChI=1S/C8H6/c1-3-7(4-1)8-5-2-6-8/h1-2H,3,5H2. The third-order valence-electron chi connectivity index (χ3n) is 1.53. The Morgan fingerprint density at radius 2 is 1.38 bits per heavy atom. The highest BCUT2D eigenvalue weighted by atomic mass is 14.1. The summed E-state index contributed by atoms with van der Waals surface area (Å²) in [5.41, 5.74) is 8.98. The molecule has 0 radical (unpaired) electrons. The van der Waals surface area contributed by atoms with Crippen LogP contribution < -0.4 is 0 Å². The summed E-state index contributed by atoms with van der Waals surface area (Å²) in [6, 6.07) is 0. The lowest BCUT2D eigenvalue weighted by Crippen LogP contribution is -1.94. The predicted octanol–water partition coefficient (Wildman–Crippen LogP) is 1.96. The van der Waals surface area contributed by atoms with Crippen molar-refractivity contribution in [1.29, 1.82) is 0 Å². The van der Waals surface area contributed by atoms with Crippen LogP contribution >= 0.6 is 0 Å². The summed E-state index contributed by atoms with van der Waals surface area (Å²) >= 11 is 0. The Morgan fingerprint density at radius 1 is 1.00 bits per heavy atom. The van der Waals surface area contributed by atoms with Gasteiger partial charge in [0.05, 0.1) is 0 Å². The fourth-order valence-electron chi connectivity index (χ4n) is 0.829. The van der Waals surface area contributed by atoms with E-state index in [1.807, 2.05) is 0 Å². The van der Waals surface area contributed by atoms with Gasteiger partial charge in [-0.15, -0.1) is 11.5 Å². The van der Waals surface area contributed by atoms with E-state index in [1.165, 1.54) is 11.1 Å². The second-order valence-corrected chi connectivity index (χ2v) is 2.06. The van der Waals surface area contributed by atoms with E-state index in [2.05, 4.69) is 23.6 Å². The molecule has 0 aromatic rings. The van der Waals surface area contributed by atoms with Crippen molar-refractivity contribution in [1.82, 2.24) is 0 Å². The van der Waals surface area contributed by atoms with Crippen LogP contribution in [0.15, 0.2) is 34.8 Å². The number of rotatable bonds is 1. The minimum Gasteiger partial charge on any atom is -0.120 e. The Labute approximate surface area is 48.5 Å². The van der Waals surface area contributed by atoms with Crippen LogP contribution in [0.1, 0.15) is 12.8 Å². The largest absolute Gasteiger partial charge is 0.120 e. The molecule has 0 nitrogen and oxygen atoms in total. The Morgan fingerprint density at radius 3 is 1.50 bits per heavy atom. The van der Waals surface area contributed by atoms with Crippen molar-refractivity contribution >= 4 is 0 Å². The third-order valence-corrected chi connectivity index (χ3v) is 1.53. The van der Waals surface area contributed by atoms with Gasteiger partial charge in [0.25, 0.3) is 0 Å². The van der Waals surface area contributed by atoms with E-state index >= 15 is 0 Å². The van der Waals surface area contributed by atoms with Gasteiger partial charge in [0.2, 0.25) is 0 Å². The first-order chi connectivity index (χ1) is 3.97. The summed E-state index contributed by atoms with van der Waals surface area (Å²) in [4.78, 5) is 0. The molecule has 0 saturated heterocycles. The highest BCUT2D eigenvalue weighted by Crippen LogP contribution is 2.25. The summed E-state index contributed by atoms with van der Waals surface area (Å²) in [6.45, 7) is 0. The SMILES string of the molecule is C1=CCC=1C1=C=CC1. The Hall–Kier alpha value is -0.960. The molecule has 0 atom stereocenters. The molecule has 0 heteroatoms. The number of hydrogen-bond acceptors (Lipinski definition) is 0. The molecular formula is C8H6. The molecule has 0 aromatic heterocycles. The molecule has 38 valence electrons. The van der Waals surface area contributed by atoms with Crippen LogP contribution in [0.3, 0.4) is 0 Å². The van der Waals surface area contributed by atoms with Gasteiger partial charge in [-0.1, -0.05) is 0 Å². The third kappa shape index (κ3) is 0.364. The van der Waals surface area contributed by atoms with Crippen molar-refractivity contribution in [3.63, 3.8) is 0 Å². The molecule has 0 N–H and O–H groups in total. The molecule has 0 fully saturated rings. The predicted molar refractivity (Wildman–Crippen MR) is 32.4 cm³/mol. The summed E-state index contributed by atoms with van der Waals surface area (Å²) in [5.74, 6) is 0. The monoisotopic (exact) mass is 102 g/mol. The lowest BCUT2D eigenvalue weighted by Gasteiger charge is -2.11. The lowest BCUT2D eigenvalue weighted by molar-refractivity contribution is 1.08. The second kappa shape index (κ2) is 1.26. The summed E-state index contributed by atoms with van der Waals surface area (Å²) < 4.78 is 0. The first kappa shape index (κ1) is 3.97. The highest BCUT2D eigenvalue weighted by Gasteiger charge is 2.08. The van der Waals surface area contributed by atoms with Crippen LogP contribution in [0.25, 0.3) is 0 Å². The molecule has 0 aromatic carbocycles. The van der Waals surface area contributed by atoms with E-state index < -0.39 is 0 Å². The molecule has 0 saturated carbocycles. The van der Waals surface area contributed by atoms with Crippen molar-refractivity contribution in [2.24, 2.45) is 0 Å². The van der Waals surface area contributed by atoms with E-state index in [0.717, 1.165) is 12.8 Å². The Bertz CT molecular complexity index is 213. The molecule has 0 amide bonds. The minimum atomic E-state index is 1.12. The zero-order chi connectivity index (χ0) is 5.40. The van der Waals surface area contributed by atoms with Gasteiger partial charge in [-0.25, -0.2) is 0 Å². The maximum Gasteiger partial charge on any atom is 0.00928 e. The van der Waals surface area contributed by atoms with Crippen molar-refractivity contribution in [2.45, 2.75) is 12.8 Å². The van der Waals surface area contributed by atoms with E-state index in [4.69, 9.17) is 0 Å². The number of allylic oxidation sites excluding steroid dienone is 2. The average Bonchev–Trinajstić information content (AvgIpc) is 1.47. The molecule has 0 bridgehead atoms. The van der Waals surface area contributed by atoms with Gasteiger partial charge in [-0.05, 0) is 12.2 Å². The van der Waals surface area contributed by atoms with Gasteiger partial charge in [0, 0.05) is 24.0 Å². The van der Waals surface area contributed by atoms with Crippen LogP contribution in [0.2, 0.25) is 0 Å². The van der Waals surface area contributed by atoms with Gasteiger partial charge < -0.3 is 0 Å². The first-order valence-electron chi connectivity index (χ1n) is 2.85. The summed E-state index contributed by atoms with van der Waals surface area (Å²) in [7, 11) is 0. The second-order valence-electron chi connectivity index (χ2n) is 2.06. The van der Waals surface area contributed by atoms with Crippen molar-refractivity contribution in [3.05, 3.63) is 34.8 Å². The fourth-order valence-corrected chi connectivity index (χ4v) is 0.829. The fraction of sp³-hybridized carbons (Fsp3) is 0.250. The molecule has 2 rings (SSSR count). The molecule has 0 spiro atoms. The highest BCUT2D eigenvalue weighted by molar-refractivity contribution is 5.41. The Kier molecular flexibility index (Phi) is 0.625. The first-order valence-corrected chi connectivity index (χ1v) is 2.85. The summed E-state index contributed by atoms with van der Waals surface area (Å²) in [5, 5.41) is 0. The van der Waals surface area contributed by atoms with Gasteiger partial charge in [-0.2, -0.15) is 0 Å². The smallest absolute Gasteiger partial charge is 0.00928 e. The van der Waals surface area contributed by atoms with E-state index in [1.54, 1.807) is 0 Å². The molecule has 2 aliphatic carbocycles. The van der Waals surface area contributed by atoms with Crippen LogP contribution in [-0.4, -0.2) is 0 Å². The molecule has 2 aliphatic rings. The van der Waals surface area contributed by atoms with Crippen LogP contribution in [0, 0.1) is 0 Å². The van der Waals surface area contributed by atoms with Crippen molar-refractivity contribution in [2.75, 3.05) is 0 Å². The zero-order valence-electron chi connectivity index (χ0n) is 4.57. The normalized spacial score (nSPS) is 21.0. The average molecular weight is 102 g/mol. The molecule has 8 heavy (non-hydrogen) atoms. The maximum absolute atomic E-state index is 3.12. The van der Waals surface area contributed by atoms with Crippen LogP contribution in [0.4, 0.5) is 0 Å². The topological polar surface area (TPSA) is 0 Å². The van der Waals surface area contributed by atoms with Crippen molar-refractivity contribution in [3.8, 4) is 0 Å². The van der Waals surface area contributed by atoms with Gasteiger partial charge in [0.15, 0.2) is 0 Å². The minimum absolute atomic E-state index is 1.12. The maximum atomic E-state index is 3.12. The molecule has 0 heterocycles.